The molecule has 0 aliphatic rings. The first-order valence-electron chi connectivity index (χ1n) is 7.85. The number of aliphatic imine (C=N–C) groups is 1. The number of benzene rings is 1. The summed E-state index contributed by atoms with van der Waals surface area (Å²) in [6.45, 7) is 1.87. The van der Waals surface area contributed by atoms with Crippen molar-refractivity contribution in [3.8, 4) is 5.75 Å². The van der Waals surface area contributed by atoms with Gasteiger partial charge >= 0.3 is 6.18 Å². The van der Waals surface area contributed by atoms with Crippen molar-refractivity contribution in [1.82, 2.24) is 15.2 Å². The Hall–Kier alpha value is -2.64. The molecule has 0 unspecified atom stereocenters. The summed E-state index contributed by atoms with van der Waals surface area (Å²) in [5.41, 5.74) is -0.774. The third-order valence-electron chi connectivity index (χ3n) is 3.40. The minimum atomic E-state index is -4.43. The number of alkyl halides is 3. The fourth-order valence-corrected chi connectivity index (χ4v) is 2.20. The SMILES string of the molecule is CN=C(NCCOc1ccccc1C(F)(F)F)NCCn1cccc1. The second kappa shape index (κ2) is 9.00. The average molecular weight is 354 g/mol. The Balaban J connectivity index is 1.73. The molecule has 25 heavy (non-hydrogen) atoms. The molecule has 0 bridgehead atoms. The second-order valence-electron chi connectivity index (χ2n) is 5.19. The second-order valence-corrected chi connectivity index (χ2v) is 5.19. The molecule has 0 aliphatic heterocycles. The Bertz CT molecular complexity index is 669. The Morgan fingerprint density at radius 3 is 2.44 bits per heavy atom. The maximum Gasteiger partial charge on any atom is 0.419 e. The fraction of sp³-hybridized carbons (Fsp3) is 0.353. The Kier molecular flexibility index (Phi) is 6.73. The number of hydrogen-bond acceptors (Lipinski definition) is 2. The van der Waals surface area contributed by atoms with Crippen LogP contribution in [-0.4, -0.2) is 37.3 Å². The lowest BCUT2D eigenvalue weighted by molar-refractivity contribution is -0.138. The molecule has 0 saturated carbocycles. The summed E-state index contributed by atoms with van der Waals surface area (Å²) in [6.07, 6.45) is -0.506. The molecule has 136 valence electrons. The third kappa shape index (κ3) is 6.06. The van der Waals surface area contributed by atoms with Gasteiger partial charge in [-0.25, -0.2) is 0 Å². The Morgan fingerprint density at radius 1 is 1.08 bits per heavy atom. The van der Waals surface area contributed by atoms with Gasteiger partial charge in [-0.05, 0) is 24.3 Å². The molecule has 0 aliphatic carbocycles. The topological polar surface area (TPSA) is 50.6 Å². The summed E-state index contributed by atoms with van der Waals surface area (Å²) in [7, 11) is 1.63. The van der Waals surface area contributed by atoms with Crippen LogP contribution in [0.3, 0.4) is 0 Å². The van der Waals surface area contributed by atoms with Gasteiger partial charge in [0.25, 0.3) is 0 Å². The summed E-state index contributed by atoms with van der Waals surface area (Å²) in [5, 5.41) is 6.13. The van der Waals surface area contributed by atoms with Crippen LogP contribution in [0.25, 0.3) is 0 Å². The van der Waals surface area contributed by atoms with Crippen LogP contribution in [0.4, 0.5) is 13.2 Å². The van der Waals surface area contributed by atoms with E-state index < -0.39 is 11.7 Å². The molecule has 2 aromatic rings. The van der Waals surface area contributed by atoms with E-state index in [0.29, 0.717) is 19.0 Å². The van der Waals surface area contributed by atoms with Gasteiger partial charge in [0.15, 0.2) is 5.96 Å². The van der Waals surface area contributed by atoms with Crippen molar-refractivity contribution in [2.45, 2.75) is 12.7 Å². The minimum absolute atomic E-state index is 0.0887. The molecule has 2 rings (SSSR count). The number of nitrogens with zero attached hydrogens (tertiary/aromatic N) is 2. The first-order chi connectivity index (χ1) is 12.0. The van der Waals surface area contributed by atoms with E-state index >= 15 is 0 Å². The van der Waals surface area contributed by atoms with Crippen molar-refractivity contribution in [1.29, 1.82) is 0 Å². The predicted octanol–water partition coefficient (Wildman–Crippen LogP) is 2.75. The number of nitrogens with one attached hydrogen (secondary N) is 2. The van der Waals surface area contributed by atoms with Gasteiger partial charge in [0.05, 0.1) is 12.1 Å². The monoisotopic (exact) mass is 354 g/mol. The lowest BCUT2D eigenvalue weighted by Gasteiger charge is -2.15. The summed E-state index contributed by atoms with van der Waals surface area (Å²) in [5.74, 6) is 0.396. The summed E-state index contributed by atoms with van der Waals surface area (Å²) in [4.78, 5) is 4.06. The van der Waals surface area contributed by atoms with E-state index in [4.69, 9.17) is 4.74 Å². The van der Waals surface area contributed by atoms with Crippen LogP contribution in [-0.2, 0) is 12.7 Å². The Labute approximate surface area is 144 Å². The van der Waals surface area contributed by atoms with Crippen LogP contribution in [0.5, 0.6) is 5.75 Å². The van der Waals surface area contributed by atoms with E-state index in [-0.39, 0.29) is 12.4 Å². The predicted molar refractivity (Wildman–Crippen MR) is 90.7 cm³/mol. The molecule has 0 radical (unpaired) electrons. The van der Waals surface area contributed by atoms with Crippen LogP contribution in [0.1, 0.15) is 5.56 Å². The summed E-state index contributed by atoms with van der Waals surface area (Å²) in [6, 6.07) is 9.06. The van der Waals surface area contributed by atoms with Crippen molar-refractivity contribution < 1.29 is 17.9 Å². The van der Waals surface area contributed by atoms with E-state index in [0.717, 1.165) is 12.6 Å². The standard InChI is InChI=1S/C17H21F3N4O/c1-21-16(22-8-12-24-10-4-5-11-24)23-9-13-25-15-7-3-2-6-14(15)17(18,19)20/h2-7,10-11H,8-9,12-13H2,1H3,(H2,21,22,23). The molecule has 5 nitrogen and oxygen atoms in total. The van der Waals surface area contributed by atoms with E-state index in [2.05, 4.69) is 15.6 Å². The van der Waals surface area contributed by atoms with Gasteiger partial charge in [0.1, 0.15) is 12.4 Å². The first-order valence-corrected chi connectivity index (χ1v) is 7.85. The minimum Gasteiger partial charge on any atom is -0.491 e. The lowest BCUT2D eigenvalue weighted by Crippen LogP contribution is -2.40. The lowest BCUT2D eigenvalue weighted by atomic mass is 10.2. The van der Waals surface area contributed by atoms with Crippen LogP contribution in [0, 0.1) is 0 Å². The van der Waals surface area contributed by atoms with Crippen molar-refractivity contribution in [2.75, 3.05) is 26.7 Å². The number of ether oxygens (including phenoxy) is 1. The number of rotatable bonds is 7. The average Bonchev–Trinajstić information content (AvgIpc) is 3.10. The zero-order valence-corrected chi connectivity index (χ0v) is 13.9. The molecule has 0 saturated heterocycles. The highest BCUT2D eigenvalue weighted by Crippen LogP contribution is 2.35. The smallest absolute Gasteiger partial charge is 0.419 e. The van der Waals surface area contributed by atoms with Gasteiger partial charge in [-0.1, -0.05) is 12.1 Å². The van der Waals surface area contributed by atoms with E-state index in [1.165, 1.54) is 18.2 Å². The van der Waals surface area contributed by atoms with Crippen molar-refractivity contribution in [3.63, 3.8) is 0 Å². The fourth-order valence-electron chi connectivity index (χ4n) is 2.20. The van der Waals surface area contributed by atoms with Gasteiger partial charge in [-0.3, -0.25) is 4.99 Å². The Morgan fingerprint density at radius 2 is 1.76 bits per heavy atom. The van der Waals surface area contributed by atoms with Gasteiger partial charge in [-0.15, -0.1) is 0 Å². The van der Waals surface area contributed by atoms with Gasteiger partial charge in [0.2, 0.25) is 0 Å². The van der Waals surface area contributed by atoms with Crippen LogP contribution >= 0.6 is 0 Å². The summed E-state index contributed by atoms with van der Waals surface area (Å²) < 4.78 is 45.9. The van der Waals surface area contributed by atoms with Crippen molar-refractivity contribution in [2.24, 2.45) is 4.99 Å². The van der Waals surface area contributed by atoms with Crippen molar-refractivity contribution >= 4 is 5.96 Å². The zero-order chi connectivity index (χ0) is 18.1. The van der Waals surface area contributed by atoms with E-state index in [9.17, 15) is 13.2 Å². The van der Waals surface area contributed by atoms with Crippen LogP contribution in [0.15, 0.2) is 53.8 Å². The van der Waals surface area contributed by atoms with Crippen molar-refractivity contribution in [3.05, 3.63) is 54.4 Å². The first kappa shape index (κ1) is 18.7. The largest absolute Gasteiger partial charge is 0.491 e. The molecule has 0 fully saturated rings. The molecule has 1 aromatic heterocycles. The molecule has 1 aromatic carbocycles. The molecule has 8 heteroatoms. The van der Waals surface area contributed by atoms with E-state index in [1.807, 2.05) is 29.1 Å². The number of halogens is 3. The van der Waals surface area contributed by atoms with E-state index in [1.54, 1.807) is 7.05 Å². The highest BCUT2D eigenvalue weighted by atomic mass is 19.4. The number of para-hydroxylation sites is 1. The van der Waals surface area contributed by atoms with Gasteiger partial charge in [0, 0.05) is 32.5 Å². The molecular weight excluding hydrogens is 333 g/mol. The maximum atomic E-state index is 12.9. The number of guanidine groups is 1. The molecule has 2 N–H and O–H groups in total. The molecular formula is C17H21F3N4O. The number of aromatic nitrogens is 1. The molecule has 0 amide bonds. The molecule has 0 spiro atoms. The highest BCUT2D eigenvalue weighted by molar-refractivity contribution is 5.79. The third-order valence-corrected chi connectivity index (χ3v) is 3.40. The maximum absolute atomic E-state index is 12.9. The molecule has 1 heterocycles. The quantitative estimate of drug-likeness (QED) is 0.457. The normalized spacial score (nSPS) is 12.1. The summed E-state index contributed by atoms with van der Waals surface area (Å²) >= 11 is 0. The van der Waals surface area contributed by atoms with Gasteiger partial charge < -0.3 is 19.9 Å². The number of hydrogen-bond donors (Lipinski definition) is 2. The van der Waals surface area contributed by atoms with Crippen LogP contribution in [0.2, 0.25) is 0 Å². The highest BCUT2D eigenvalue weighted by Gasteiger charge is 2.33. The zero-order valence-electron chi connectivity index (χ0n) is 13.9. The van der Waals surface area contributed by atoms with Crippen LogP contribution < -0.4 is 15.4 Å². The molecule has 0 atom stereocenters. The van der Waals surface area contributed by atoms with Gasteiger partial charge in [-0.2, -0.15) is 13.2 Å².